The fourth-order valence-corrected chi connectivity index (χ4v) is 2.62. The predicted molar refractivity (Wildman–Crippen MR) is 78.2 cm³/mol. The van der Waals surface area contributed by atoms with Crippen molar-refractivity contribution >= 4 is 15.9 Å². The Morgan fingerprint density at radius 3 is 3.00 bits per heavy atom. The largest absolute Gasteiger partial charge is 0.271 e. The number of aryl methyl sites for hydroxylation is 1. The van der Waals surface area contributed by atoms with E-state index in [0.717, 1.165) is 24.4 Å². The highest BCUT2D eigenvalue weighted by molar-refractivity contribution is 9.10. The van der Waals surface area contributed by atoms with Crippen LogP contribution >= 0.6 is 15.9 Å². The molecule has 0 radical (unpaired) electrons. The molecule has 1 unspecified atom stereocenters. The molecule has 1 heterocycles. The maximum Gasteiger partial charge on any atom is 0.138 e. The fourth-order valence-electron chi connectivity index (χ4n) is 2.08. The van der Waals surface area contributed by atoms with Gasteiger partial charge in [0.15, 0.2) is 0 Å². The van der Waals surface area contributed by atoms with Crippen LogP contribution in [-0.4, -0.2) is 14.8 Å². The van der Waals surface area contributed by atoms with Crippen molar-refractivity contribution in [1.82, 2.24) is 20.2 Å². The summed E-state index contributed by atoms with van der Waals surface area (Å²) in [5.41, 5.74) is 3.48. The lowest BCUT2D eigenvalue weighted by Crippen LogP contribution is -2.31. The third-order valence-corrected chi connectivity index (χ3v) is 3.91. The van der Waals surface area contributed by atoms with E-state index in [1.165, 1.54) is 12.4 Å². The van der Waals surface area contributed by atoms with Crippen LogP contribution in [0.3, 0.4) is 0 Å². The van der Waals surface area contributed by atoms with Gasteiger partial charge in [-0.05, 0) is 34.0 Å². The van der Waals surface area contributed by atoms with Crippen LogP contribution in [0.25, 0.3) is 0 Å². The molecule has 0 fully saturated rings. The normalized spacial score (nSPS) is 12.6. The van der Waals surface area contributed by atoms with Gasteiger partial charge in [-0.15, -0.1) is 0 Å². The number of nitrogens with two attached hydrogens (primary N) is 1. The van der Waals surface area contributed by atoms with E-state index in [4.69, 9.17) is 5.84 Å². The first-order valence-corrected chi connectivity index (χ1v) is 7.23. The van der Waals surface area contributed by atoms with Gasteiger partial charge < -0.3 is 0 Å². The van der Waals surface area contributed by atoms with Crippen LogP contribution in [0.2, 0.25) is 0 Å². The van der Waals surface area contributed by atoms with Gasteiger partial charge in [-0.2, -0.15) is 5.10 Å². The molecule has 2 rings (SSSR count). The minimum absolute atomic E-state index is 0.236. The second kappa shape index (κ2) is 6.92. The van der Waals surface area contributed by atoms with Crippen molar-refractivity contribution in [3.63, 3.8) is 0 Å². The van der Waals surface area contributed by atoms with Crippen LogP contribution in [-0.2, 0) is 13.0 Å². The Hall–Kier alpha value is -1.31. The highest BCUT2D eigenvalue weighted by atomic mass is 79.9. The average Bonchev–Trinajstić information content (AvgIpc) is 2.87. The number of nitrogens with zero attached hydrogens (tertiary/aromatic N) is 3. The van der Waals surface area contributed by atoms with Gasteiger partial charge >= 0.3 is 0 Å². The average molecular weight is 342 g/mol. The number of halogens is 2. The van der Waals surface area contributed by atoms with E-state index in [1.54, 1.807) is 6.07 Å². The first kappa shape index (κ1) is 15.1. The van der Waals surface area contributed by atoms with Gasteiger partial charge in [0.1, 0.15) is 18.0 Å². The topological polar surface area (TPSA) is 68.8 Å². The maximum atomic E-state index is 13.6. The lowest BCUT2D eigenvalue weighted by Gasteiger charge is -2.18. The van der Waals surface area contributed by atoms with Crippen molar-refractivity contribution in [2.75, 3.05) is 0 Å². The summed E-state index contributed by atoms with van der Waals surface area (Å²) in [5, 5.41) is 4.18. The van der Waals surface area contributed by atoms with Gasteiger partial charge in [0, 0.05) is 13.0 Å². The molecule has 0 saturated carbocycles. The standard InChI is InChI=1S/C13H17BrFN5/c1-2-6-20-12(17-8-18-20)7-11(19-16)9-4-3-5-10(15)13(9)14/h3-5,8,11,19H,2,6-7,16H2,1H3. The fraction of sp³-hybridized carbons (Fsp3) is 0.385. The van der Waals surface area contributed by atoms with Crippen molar-refractivity contribution in [3.8, 4) is 0 Å². The van der Waals surface area contributed by atoms with E-state index >= 15 is 0 Å². The van der Waals surface area contributed by atoms with E-state index < -0.39 is 0 Å². The van der Waals surface area contributed by atoms with E-state index in [9.17, 15) is 4.39 Å². The molecule has 0 aliphatic heterocycles. The first-order chi connectivity index (χ1) is 9.67. The monoisotopic (exact) mass is 341 g/mol. The minimum atomic E-state index is -0.308. The van der Waals surface area contributed by atoms with E-state index in [1.807, 2.05) is 10.7 Å². The lowest BCUT2D eigenvalue weighted by atomic mass is 10.0. The summed E-state index contributed by atoms with van der Waals surface area (Å²) < 4.78 is 15.9. The molecule has 1 aromatic carbocycles. The molecule has 1 aromatic heterocycles. The van der Waals surface area contributed by atoms with Gasteiger partial charge in [0.05, 0.1) is 10.5 Å². The third-order valence-electron chi connectivity index (χ3n) is 3.08. The van der Waals surface area contributed by atoms with Crippen molar-refractivity contribution in [3.05, 3.63) is 46.2 Å². The Labute approximate surface area is 125 Å². The number of benzene rings is 1. The Morgan fingerprint density at radius 1 is 1.50 bits per heavy atom. The second-order valence-electron chi connectivity index (χ2n) is 4.47. The molecule has 5 nitrogen and oxygen atoms in total. The van der Waals surface area contributed by atoms with Crippen LogP contribution in [0.1, 0.15) is 30.8 Å². The molecule has 1 atom stereocenters. The predicted octanol–water partition coefficient (Wildman–Crippen LogP) is 2.34. The van der Waals surface area contributed by atoms with Crippen LogP contribution < -0.4 is 11.3 Å². The molecule has 2 aromatic rings. The van der Waals surface area contributed by atoms with Gasteiger partial charge in [0.25, 0.3) is 0 Å². The van der Waals surface area contributed by atoms with Gasteiger partial charge in [-0.1, -0.05) is 19.1 Å². The van der Waals surface area contributed by atoms with Crippen molar-refractivity contribution in [1.29, 1.82) is 0 Å². The SMILES string of the molecule is CCCn1ncnc1CC(NN)c1cccc(F)c1Br. The van der Waals surface area contributed by atoms with Gasteiger partial charge in [-0.3, -0.25) is 16.0 Å². The third kappa shape index (κ3) is 3.23. The number of hydrogen-bond donors (Lipinski definition) is 2. The molecule has 0 aliphatic rings. The van der Waals surface area contributed by atoms with Gasteiger partial charge in [0.2, 0.25) is 0 Å². The number of rotatable bonds is 6. The molecule has 0 amide bonds. The highest BCUT2D eigenvalue weighted by Gasteiger charge is 2.18. The van der Waals surface area contributed by atoms with E-state index in [2.05, 4.69) is 38.4 Å². The van der Waals surface area contributed by atoms with Crippen LogP contribution in [0.4, 0.5) is 4.39 Å². The molecule has 0 bridgehead atoms. The Kier molecular flexibility index (Phi) is 5.22. The van der Waals surface area contributed by atoms with E-state index in [0.29, 0.717) is 10.9 Å². The zero-order valence-corrected chi connectivity index (χ0v) is 12.8. The van der Waals surface area contributed by atoms with Crippen molar-refractivity contribution < 1.29 is 4.39 Å². The number of hydrazine groups is 1. The zero-order valence-electron chi connectivity index (χ0n) is 11.2. The molecular formula is C13H17BrFN5. The first-order valence-electron chi connectivity index (χ1n) is 6.44. The summed E-state index contributed by atoms with van der Waals surface area (Å²) in [6.45, 7) is 2.88. The summed E-state index contributed by atoms with van der Waals surface area (Å²) in [4.78, 5) is 4.25. The smallest absolute Gasteiger partial charge is 0.138 e. The molecule has 3 N–H and O–H groups in total. The summed E-state index contributed by atoms with van der Waals surface area (Å²) in [6, 6.07) is 4.66. The summed E-state index contributed by atoms with van der Waals surface area (Å²) >= 11 is 3.26. The summed E-state index contributed by atoms with van der Waals surface area (Å²) in [6.07, 6.45) is 3.04. The summed E-state index contributed by atoms with van der Waals surface area (Å²) in [7, 11) is 0. The lowest BCUT2D eigenvalue weighted by molar-refractivity contribution is 0.494. The minimum Gasteiger partial charge on any atom is -0.271 e. The molecule has 108 valence electrons. The highest BCUT2D eigenvalue weighted by Crippen LogP contribution is 2.27. The molecular weight excluding hydrogens is 325 g/mol. The van der Waals surface area contributed by atoms with Gasteiger partial charge in [-0.25, -0.2) is 9.37 Å². The molecule has 0 aliphatic carbocycles. The number of hydrogen-bond acceptors (Lipinski definition) is 4. The number of aromatic nitrogens is 3. The maximum absolute atomic E-state index is 13.6. The van der Waals surface area contributed by atoms with Crippen molar-refractivity contribution in [2.24, 2.45) is 5.84 Å². The summed E-state index contributed by atoms with van der Waals surface area (Å²) in [5.74, 6) is 6.13. The Bertz CT molecular complexity index is 572. The molecule has 7 heteroatoms. The molecule has 20 heavy (non-hydrogen) atoms. The Morgan fingerprint density at radius 2 is 2.30 bits per heavy atom. The van der Waals surface area contributed by atoms with Crippen LogP contribution in [0.15, 0.2) is 29.0 Å². The quantitative estimate of drug-likeness (QED) is 0.625. The Balaban J connectivity index is 2.24. The van der Waals surface area contributed by atoms with Crippen LogP contribution in [0.5, 0.6) is 0 Å². The van der Waals surface area contributed by atoms with Crippen molar-refractivity contribution in [2.45, 2.75) is 32.4 Å². The number of nitrogens with one attached hydrogen (secondary N) is 1. The zero-order chi connectivity index (χ0) is 14.5. The van der Waals surface area contributed by atoms with Crippen LogP contribution in [0, 0.1) is 5.82 Å². The van der Waals surface area contributed by atoms with E-state index in [-0.39, 0.29) is 11.9 Å². The molecule has 0 saturated heterocycles. The molecule has 0 spiro atoms. The second-order valence-corrected chi connectivity index (χ2v) is 5.26.